The van der Waals surface area contributed by atoms with Crippen molar-refractivity contribution in [2.75, 3.05) is 6.61 Å². The van der Waals surface area contributed by atoms with E-state index in [0.29, 0.717) is 23.4 Å². The molecule has 0 fully saturated rings. The van der Waals surface area contributed by atoms with Crippen molar-refractivity contribution in [3.63, 3.8) is 0 Å². The molecule has 2 aromatic carbocycles. The second kappa shape index (κ2) is 8.26. The molecule has 0 aliphatic heterocycles. The maximum atomic E-state index is 12.4. The van der Waals surface area contributed by atoms with Crippen molar-refractivity contribution in [2.24, 2.45) is 5.10 Å². The summed E-state index contributed by atoms with van der Waals surface area (Å²) in [7, 11) is 0. The van der Waals surface area contributed by atoms with Crippen LogP contribution in [-0.4, -0.2) is 39.1 Å². The van der Waals surface area contributed by atoms with Crippen LogP contribution >= 0.6 is 0 Å². The molecule has 28 heavy (non-hydrogen) atoms. The van der Waals surface area contributed by atoms with Gasteiger partial charge in [0.15, 0.2) is 0 Å². The van der Waals surface area contributed by atoms with Crippen LogP contribution in [0.3, 0.4) is 0 Å². The zero-order valence-corrected chi connectivity index (χ0v) is 15.4. The van der Waals surface area contributed by atoms with Crippen LogP contribution < -0.4 is 10.2 Å². The topological polar surface area (TPSA) is 120 Å². The number of aromatic hydroxyl groups is 2. The molecule has 3 rings (SSSR count). The molecule has 1 heterocycles. The minimum Gasteiger partial charge on any atom is -0.508 e. The summed E-state index contributed by atoms with van der Waals surface area (Å²) in [6, 6.07) is 11.5. The maximum absolute atomic E-state index is 12.4. The Kier molecular flexibility index (Phi) is 5.59. The lowest BCUT2D eigenvalue weighted by atomic mass is 10.1. The summed E-state index contributed by atoms with van der Waals surface area (Å²) in [4.78, 5) is 12.4. The second-order valence-corrected chi connectivity index (χ2v) is 5.97. The number of carbonyl (C=O) groups is 1. The monoisotopic (exact) mass is 380 g/mol. The predicted molar refractivity (Wildman–Crippen MR) is 105 cm³/mol. The van der Waals surface area contributed by atoms with Crippen LogP contribution in [0, 0.1) is 6.92 Å². The van der Waals surface area contributed by atoms with Gasteiger partial charge >= 0.3 is 0 Å². The van der Waals surface area contributed by atoms with E-state index in [4.69, 9.17) is 4.74 Å². The number of amides is 1. The van der Waals surface area contributed by atoms with Crippen LogP contribution in [0.25, 0.3) is 11.3 Å². The van der Waals surface area contributed by atoms with E-state index in [9.17, 15) is 15.0 Å². The summed E-state index contributed by atoms with van der Waals surface area (Å²) in [6.45, 7) is 4.30. The summed E-state index contributed by atoms with van der Waals surface area (Å²) in [5.41, 5.74) is 5.23. The van der Waals surface area contributed by atoms with Crippen molar-refractivity contribution in [3.8, 4) is 28.5 Å². The van der Waals surface area contributed by atoms with Gasteiger partial charge in [0.05, 0.1) is 18.5 Å². The average molecular weight is 380 g/mol. The molecule has 0 saturated heterocycles. The van der Waals surface area contributed by atoms with Gasteiger partial charge < -0.3 is 14.9 Å². The molecule has 0 bridgehead atoms. The van der Waals surface area contributed by atoms with E-state index in [1.165, 1.54) is 24.4 Å². The Labute approximate surface area is 161 Å². The first-order valence-corrected chi connectivity index (χ1v) is 8.63. The SMILES string of the molecule is CCOc1ccc(-c2n[nH]c(C(=O)NN=Cc3ccc(O)cc3O)c2C)cc1. The number of phenols is 2. The summed E-state index contributed by atoms with van der Waals surface area (Å²) >= 11 is 0. The van der Waals surface area contributed by atoms with Gasteiger partial charge in [-0.05, 0) is 50.2 Å². The molecule has 0 unspecified atom stereocenters. The van der Waals surface area contributed by atoms with Crippen molar-refractivity contribution in [3.05, 3.63) is 59.3 Å². The van der Waals surface area contributed by atoms with Gasteiger partial charge in [0.1, 0.15) is 22.9 Å². The third-order valence-electron chi connectivity index (χ3n) is 4.06. The Morgan fingerprint density at radius 3 is 2.68 bits per heavy atom. The molecule has 0 spiro atoms. The highest BCUT2D eigenvalue weighted by Gasteiger charge is 2.16. The molecule has 0 radical (unpaired) electrons. The molecular formula is C20H20N4O4. The van der Waals surface area contributed by atoms with Gasteiger partial charge in [-0.3, -0.25) is 9.89 Å². The molecule has 8 nitrogen and oxygen atoms in total. The highest BCUT2D eigenvalue weighted by atomic mass is 16.5. The molecule has 0 aliphatic carbocycles. The molecular weight excluding hydrogens is 360 g/mol. The molecule has 0 atom stereocenters. The van der Waals surface area contributed by atoms with Crippen molar-refractivity contribution in [2.45, 2.75) is 13.8 Å². The lowest BCUT2D eigenvalue weighted by molar-refractivity contribution is 0.0949. The highest BCUT2D eigenvalue weighted by molar-refractivity contribution is 5.96. The molecule has 1 amide bonds. The Bertz CT molecular complexity index is 1010. The molecule has 0 saturated carbocycles. The van der Waals surface area contributed by atoms with E-state index >= 15 is 0 Å². The number of ether oxygens (including phenoxy) is 1. The Morgan fingerprint density at radius 1 is 1.25 bits per heavy atom. The molecule has 4 N–H and O–H groups in total. The van der Waals surface area contributed by atoms with Crippen LogP contribution in [0.2, 0.25) is 0 Å². The molecule has 0 aliphatic rings. The fourth-order valence-corrected chi connectivity index (χ4v) is 2.63. The number of hydrogen-bond donors (Lipinski definition) is 4. The van der Waals surface area contributed by atoms with Gasteiger partial charge in [-0.15, -0.1) is 0 Å². The quantitative estimate of drug-likeness (QED) is 0.387. The fourth-order valence-electron chi connectivity index (χ4n) is 2.63. The Balaban J connectivity index is 1.72. The smallest absolute Gasteiger partial charge is 0.289 e. The third kappa shape index (κ3) is 4.12. The molecule has 8 heteroatoms. The number of nitrogens with zero attached hydrogens (tertiary/aromatic N) is 2. The first-order valence-electron chi connectivity index (χ1n) is 8.63. The molecule has 1 aromatic heterocycles. The van der Waals surface area contributed by atoms with E-state index in [0.717, 1.165) is 11.3 Å². The number of nitrogens with one attached hydrogen (secondary N) is 2. The van der Waals surface area contributed by atoms with E-state index in [-0.39, 0.29) is 17.2 Å². The van der Waals surface area contributed by atoms with Crippen molar-refractivity contribution < 1.29 is 19.7 Å². The van der Waals surface area contributed by atoms with Crippen LogP contribution in [0.4, 0.5) is 0 Å². The number of benzene rings is 2. The Morgan fingerprint density at radius 2 is 2.00 bits per heavy atom. The summed E-state index contributed by atoms with van der Waals surface area (Å²) in [6.07, 6.45) is 1.28. The van der Waals surface area contributed by atoms with Gasteiger partial charge in [0, 0.05) is 22.8 Å². The third-order valence-corrected chi connectivity index (χ3v) is 4.06. The van der Waals surface area contributed by atoms with Gasteiger partial charge in [0.25, 0.3) is 5.91 Å². The number of rotatable bonds is 6. The van der Waals surface area contributed by atoms with Crippen molar-refractivity contribution in [1.29, 1.82) is 0 Å². The van der Waals surface area contributed by atoms with Crippen LogP contribution in [0.5, 0.6) is 17.2 Å². The van der Waals surface area contributed by atoms with Crippen LogP contribution in [-0.2, 0) is 0 Å². The normalized spacial score (nSPS) is 10.9. The van der Waals surface area contributed by atoms with Gasteiger partial charge in [-0.1, -0.05) is 0 Å². The van der Waals surface area contributed by atoms with Crippen molar-refractivity contribution >= 4 is 12.1 Å². The van der Waals surface area contributed by atoms with E-state index in [1.54, 1.807) is 6.92 Å². The molecule has 144 valence electrons. The van der Waals surface area contributed by atoms with E-state index in [1.807, 2.05) is 31.2 Å². The van der Waals surface area contributed by atoms with Crippen molar-refractivity contribution in [1.82, 2.24) is 15.6 Å². The largest absolute Gasteiger partial charge is 0.508 e. The number of H-pyrrole nitrogens is 1. The first kappa shape index (κ1) is 19.0. The van der Waals surface area contributed by atoms with Gasteiger partial charge in [-0.2, -0.15) is 10.2 Å². The minimum atomic E-state index is -0.461. The highest BCUT2D eigenvalue weighted by Crippen LogP contribution is 2.25. The summed E-state index contributed by atoms with van der Waals surface area (Å²) in [5, 5.41) is 29.8. The maximum Gasteiger partial charge on any atom is 0.289 e. The van der Waals surface area contributed by atoms with Gasteiger partial charge in [0.2, 0.25) is 0 Å². The number of phenolic OH excluding ortho intramolecular Hbond substituents is 2. The second-order valence-electron chi connectivity index (χ2n) is 5.97. The number of carbonyl (C=O) groups excluding carboxylic acids is 1. The molecule has 3 aromatic rings. The minimum absolute atomic E-state index is 0.0615. The fraction of sp³-hybridized carbons (Fsp3) is 0.150. The number of hydrazone groups is 1. The summed E-state index contributed by atoms with van der Waals surface area (Å²) < 4.78 is 5.43. The lowest BCUT2D eigenvalue weighted by Crippen LogP contribution is -2.19. The standard InChI is InChI=1S/C20H20N4O4/c1-3-28-16-8-5-13(6-9-16)18-12(2)19(23-22-18)20(27)24-21-11-14-4-7-15(25)10-17(14)26/h4-11,25-26H,3H2,1-2H3,(H,22,23)(H,24,27). The first-order chi connectivity index (χ1) is 13.5. The summed E-state index contributed by atoms with van der Waals surface area (Å²) in [5.74, 6) is 0.100. The van der Waals surface area contributed by atoms with E-state index in [2.05, 4.69) is 20.7 Å². The van der Waals surface area contributed by atoms with Crippen LogP contribution in [0.15, 0.2) is 47.6 Å². The zero-order chi connectivity index (χ0) is 20.1. The zero-order valence-electron chi connectivity index (χ0n) is 15.4. The van der Waals surface area contributed by atoms with Crippen LogP contribution in [0.1, 0.15) is 28.5 Å². The number of aromatic nitrogens is 2. The predicted octanol–water partition coefficient (Wildman–Crippen LogP) is 2.96. The van der Waals surface area contributed by atoms with E-state index < -0.39 is 5.91 Å². The number of hydrogen-bond acceptors (Lipinski definition) is 6. The Hall–Kier alpha value is -3.81. The average Bonchev–Trinajstić information content (AvgIpc) is 3.06. The lowest BCUT2D eigenvalue weighted by Gasteiger charge is -2.04. The van der Waals surface area contributed by atoms with Gasteiger partial charge in [-0.25, -0.2) is 5.43 Å². The number of aromatic amines is 1.